The van der Waals surface area contributed by atoms with Crippen LogP contribution in [-0.2, 0) is 21.6 Å². The molecule has 0 unspecified atom stereocenters. The Balaban J connectivity index is 1.94. The molecule has 0 saturated carbocycles. The molecule has 1 atom stereocenters. The van der Waals surface area contributed by atoms with Crippen molar-refractivity contribution in [3.05, 3.63) is 29.3 Å². The minimum atomic E-state index is -1.20. The zero-order valence-corrected chi connectivity index (χ0v) is 10.8. The summed E-state index contributed by atoms with van der Waals surface area (Å²) >= 11 is 0. The van der Waals surface area contributed by atoms with Gasteiger partial charge in [-0.25, -0.2) is 9.59 Å². The highest BCUT2D eigenvalue weighted by Gasteiger charge is 2.54. The normalized spacial score (nSPS) is 23.2. The largest absolute Gasteiger partial charge is 0.427 e. The van der Waals surface area contributed by atoms with Crippen molar-refractivity contribution in [3.8, 4) is 0 Å². The Morgan fingerprint density at radius 3 is 2.85 bits per heavy atom. The lowest BCUT2D eigenvalue weighted by molar-refractivity contribution is -0.131. The minimum absolute atomic E-state index is 0.317. The minimum Gasteiger partial charge on any atom is -0.427 e. The van der Waals surface area contributed by atoms with E-state index in [1.165, 1.54) is 7.05 Å². The molecule has 20 heavy (non-hydrogen) atoms. The van der Waals surface area contributed by atoms with Crippen molar-refractivity contribution in [1.82, 2.24) is 10.6 Å². The number of benzene rings is 1. The maximum absolute atomic E-state index is 11.9. The van der Waals surface area contributed by atoms with Crippen LogP contribution >= 0.6 is 0 Å². The van der Waals surface area contributed by atoms with Gasteiger partial charge < -0.3 is 15.4 Å². The molecule has 3 N–H and O–H groups in total. The Bertz CT molecular complexity index is 628. The number of carbonyl (C=O) groups excluding carboxylic acids is 3. The Morgan fingerprint density at radius 1 is 1.40 bits per heavy atom. The number of aryl methyl sites for hydroxylation is 1. The number of rotatable bonds is 1. The number of alkyl carbamates (subject to hydrolysis) is 1. The van der Waals surface area contributed by atoms with E-state index in [9.17, 15) is 14.4 Å². The summed E-state index contributed by atoms with van der Waals surface area (Å²) in [7, 11) is 1.53. The lowest BCUT2D eigenvalue weighted by Crippen LogP contribution is -2.34. The molecule has 0 aromatic heterocycles. The highest BCUT2D eigenvalue weighted by atomic mass is 16.6. The number of carbonyl (C=O) groups is 3. The van der Waals surface area contributed by atoms with Crippen molar-refractivity contribution in [2.24, 2.45) is 0 Å². The van der Waals surface area contributed by atoms with Crippen molar-refractivity contribution in [2.75, 3.05) is 12.4 Å². The maximum Gasteiger partial charge on any atom is 0.415 e. The van der Waals surface area contributed by atoms with Gasteiger partial charge in [-0.2, -0.15) is 0 Å². The summed E-state index contributed by atoms with van der Waals surface area (Å²) in [6.45, 7) is 0. The van der Waals surface area contributed by atoms with Crippen LogP contribution in [0.2, 0.25) is 0 Å². The van der Waals surface area contributed by atoms with Gasteiger partial charge in [0.15, 0.2) is 0 Å². The molecule has 104 valence electrons. The first-order valence-electron chi connectivity index (χ1n) is 6.22. The number of urea groups is 1. The molecule has 1 heterocycles. The van der Waals surface area contributed by atoms with Gasteiger partial charge in [0, 0.05) is 24.7 Å². The predicted octanol–water partition coefficient (Wildman–Crippen LogP) is 0.846. The Hall–Kier alpha value is -2.57. The Morgan fingerprint density at radius 2 is 2.20 bits per heavy atom. The van der Waals surface area contributed by atoms with Gasteiger partial charge in [-0.05, 0) is 24.1 Å². The van der Waals surface area contributed by atoms with E-state index < -0.39 is 17.6 Å². The zero-order valence-electron chi connectivity index (χ0n) is 10.8. The number of hydrogen-bond acceptors (Lipinski definition) is 4. The van der Waals surface area contributed by atoms with E-state index >= 15 is 0 Å². The number of amides is 4. The lowest BCUT2D eigenvalue weighted by atomic mass is 9.95. The molecule has 0 bridgehead atoms. The second-order valence-corrected chi connectivity index (χ2v) is 4.75. The van der Waals surface area contributed by atoms with Gasteiger partial charge in [0.1, 0.15) is 0 Å². The van der Waals surface area contributed by atoms with Crippen molar-refractivity contribution < 1.29 is 19.1 Å². The molecule has 1 aromatic rings. The molecular formula is C13H13N3O4. The molecule has 1 aliphatic carbocycles. The number of ether oxygens (including phenoxy) is 1. The average Bonchev–Trinajstić information content (AvgIpc) is 2.91. The van der Waals surface area contributed by atoms with Crippen LogP contribution in [0, 0.1) is 0 Å². The molecule has 1 aliphatic heterocycles. The highest BCUT2D eigenvalue weighted by molar-refractivity contribution is 6.04. The van der Waals surface area contributed by atoms with E-state index in [0.717, 1.165) is 5.56 Å². The van der Waals surface area contributed by atoms with Gasteiger partial charge in [-0.15, -0.1) is 0 Å². The van der Waals surface area contributed by atoms with Crippen LogP contribution in [0.5, 0.6) is 0 Å². The van der Waals surface area contributed by atoms with Crippen LogP contribution in [-0.4, -0.2) is 25.1 Å². The zero-order chi connectivity index (χ0) is 14.3. The average molecular weight is 275 g/mol. The fraction of sp³-hybridized carbons (Fsp3) is 0.308. The van der Waals surface area contributed by atoms with Gasteiger partial charge >= 0.3 is 12.1 Å². The second kappa shape index (κ2) is 4.22. The molecule has 1 saturated heterocycles. The number of imide groups is 1. The summed E-state index contributed by atoms with van der Waals surface area (Å²) in [5, 5.41) is 7.29. The first-order chi connectivity index (χ1) is 9.55. The first-order valence-corrected chi connectivity index (χ1v) is 6.22. The second-order valence-electron chi connectivity index (χ2n) is 4.75. The van der Waals surface area contributed by atoms with Gasteiger partial charge in [0.25, 0.3) is 5.91 Å². The van der Waals surface area contributed by atoms with Crippen LogP contribution in [0.3, 0.4) is 0 Å². The molecule has 0 radical (unpaired) electrons. The molecule has 7 nitrogen and oxygen atoms in total. The quantitative estimate of drug-likeness (QED) is 0.707. The van der Waals surface area contributed by atoms with E-state index in [2.05, 4.69) is 16.0 Å². The van der Waals surface area contributed by atoms with Crippen molar-refractivity contribution >= 4 is 23.7 Å². The van der Waals surface area contributed by atoms with Crippen molar-refractivity contribution in [2.45, 2.75) is 18.4 Å². The monoisotopic (exact) mass is 275 g/mol. The van der Waals surface area contributed by atoms with E-state index in [4.69, 9.17) is 4.74 Å². The molecule has 3 rings (SSSR count). The van der Waals surface area contributed by atoms with Gasteiger partial charge in [0.2, 0.25) is 5.60 Å². The van der Waals surface area contributed by atoms with Crippen LogP contribution in [0.15, 0.2) is 18.2 Å². The Labute approximate surface area is 114 Å². The number of hydrogen-bond donors (Lipinski definition) is 3. The summed E-state index contributed by atoms with van der Waals surface area (Å²) in [5.41, 5.74) is 1.01. The molecule has 1 aromatic carbocycles. The topological polar surface area (TPSA) is 96.5 Å². The fourth-order valence-corrected chi connectivity index (χ4v) is 2.68. The fourth-order valence-electron chi connectivity index (χ4n) is 2.68. The summed E-state index contributed by atoms with van der Waals surface area (Å²) in [4.78, 5) is 34.5. The Kier molecular flexibility index (Phi) is 2.63. The summed E-state index contributed by atoms with van der Waals surface area (Å²) in [5.74, 6) is -0.423. The van der Waals surface area contributed by atoms with Crippen LogP contribution in [0.1, 0.15) is 17.5 Å². The molecule has 1 spiro atoms. The third kappa shape index (κ3) is 1.70. The summed E-state index contributed by atoms with van der Waals surface area (Å²) in [6, 6.07) is 4.87. The third-order valence-electron chi connectivity index (χ3n) is 3.62. The molecule has 7 heteroatoms. The van der Waals surface area contributed by atoms with Crippen molar-refractivity contribution in [3.63, 3.8) is 0 Å². The van der Waals surface area contributed by atoms with E-state index in [1.807, 2.05) is 0 Å². The lowest BCUT2D eigenvalue weighted by Gasteiger charge is -2.19. The van der Waals surface area contributed by atoms with E-state index in [-0.39, 0.29) is 6.03 Å². The standard InChI is InChI=1S/C13H13N3O4/c1-14-11(18)15-8-2-3-9-7(6-8)4-5-13(9)10(17)16-12(19)20-13/h2-3,6H,4-5H2,1H3,(H2,14,15,18)(H,16,17,19)/t13-/m1/s1. The van der Waals surface area contributed by atoms with Crippen LogP contribution < -0.4 is 16.0 Å². The van der Waals surface area contributed by atoms with Gasteiger partial charge in [0.05, 0.1) is 0 Å². The molecule has 1 fully saturated rings. The predicted molar refractivity (Wildman–Crippen MR) is 69.1 cm³/mol. The van der Waals surface area contributed by atoms with E-state index in [0.29, 0.717) is 24.1 Å². The summed E-state index contributed by atoms with van der Waals surface area (Å²) in [6.07, 6.45) is 0.318. The number of fused-ring (bicyclic) bond motifs is 2. The molecular weight excluding hydrogens is 262 g/mol. The van der Waals surface area contributed by atoms with Crippen LogP contribution in [0.4, 0.5) is 15.3 Å². The SMILES string of the molecule is CNC(=O)Nc1ccc2c(c1)CC[C@@]21OC(=O)NC1=O. The van der Waals surface area contributed by atoms with Crippen molar-refractivity contribution in [1.29, 1.82) is 0 Å². The smallest absolute Gasteiger partial charge is 0.415 e. The van der Waals surface area contributed by atoms with Gasteiger partial charge in [-0.1, -0.05) is 6.07 Å². The summed E-state index contributed by atoms with van der Waals surface area (Å²) < 4.78 is 5.19. The molecule has 2 aliphatic rings. The van der Waals surface area contributed by atoms with E-state index in [1.54, 1.807) is 18.2 Å². The third-order valence-corrected chi connectivity index (χ3v) is 3.62. The first kappa shape index (κ1) is 12.5. The molecule has 4 amide bonds. The van der Waals surface area contributed by atoms with Gasteiger partial charge in [-0.3, -0.25) is 10.1 Å². The van der Waals surface area contributed by atoms with Crippen LogP contribution in [0.25, 0.3) is 0 Å². The highest BCUT2D eigenvalue weighted by Crippen LogP contribution is 2.43. The number of nitrogens with one attached hydrogen (secondary N) is 3. The maximum atomic E-state index is 11.9. The number of anilines is 1.